The summed E-state index contributed by atoms with van der Waals surface area (Å²) in [4.78, 5) is 26.0. The summed E-state index contributed by atoms with van der Waals surface area (Å²) < 4.78 is 13.7. The van der Waals surface area contributed by atoms with Crippen molar-refractivity contribution in [1.29, 1.82) is 0 Å². The van der Waals surface area contributed by atoms with Gasteiger partial charge in [-0.3, -0.25) is 4.79 Å². The van der Waals surface area contributed by atoms with Crippen molar-refractivity contribution in [3.8, 4) is 0 Å². The summed E-state index contributed by atoms with van der Waals surface area (Å²) in [5, 5.41) is 9.48. The number of fused-ring (bicyclic) bond motifs is 1. The van der Waals surface area contributed by atoms with Crippen molar-refractivity contribution in [1.82, 2.24) is 4.90 Å². The smallest absolute Gasteiger partial charge is 0.326 e. The lowest BCUT2D eigenvalue weighted by Gasteiger charge is -2.33. The first-order valence-corrected chi connectivity index (χ1v) is 7.81. The van der Waals surface area contributed by atoms with Crippen molar-refractivity contribution < 1.29 is 19.1 Å². The zero-order valence-electron chi connectivity index (χ0n) is 12.6. The van der Waals surface area contributed by atoms with Crippen molar-refractivity contribution >= 4 is 11.9 Å². The molecule has 118 valence electrons. The fourth-order valence-corrected chi connectivity index (χ4v) is 3.95. The molecule has 1 aliphatic carbocycles. The minimum atomic E-state index is -0.961. The number of benzene rings is 1. The van der Waals surface area contributed by atoms with Crippen LogP contribution in [0.25, 0.3) is 0 Å². The number of aliphatic carboxylic acids is 1. The fourth-order valence-electron chi connectivity index (χ4n) is 3.95. The van der Waals surface area contributed by atoms with Gasteiger partial charge in [0.1, 0.15) is 11.9 Å². The van der Waals surface area contributed by atoms with Gasteiger partial charge in [0.15, 0.2) is 0 Å². The molecule has 0 bridgehead atoms. The molecule has 22 heavy (non-hydrogen) atoms. The third-order valence-electron chi connectivity index (χ3n) is 5.11. The van der Waals surface area contributed by atoms with E-state index < -0.39 is 17.8 Å². The van der Waals surface area contributed by atoms with Gasteiger partial charge in [0.25, 0.3) is 5.91 Å². The number of carbonyl (C=O) groups excluding carboxylic acids is 1. The summed E-state index contributed by atoms with van der Waals surface area (Å²) in [5.41, 5.74) is 0.563. The molecule has 0 radical (unpaired) electrons. The second-order valence-corrected chi connectivity index (χ2v) is 6.33. The first-order valence-electron chi connectivity index (χ1n) is 7.81. The van der Waals surface area contributed by atoms with Gasteiger partial charge in [-0.15, -0.1) is 0 Å². The van der Waals surface area contributed by atoms with Gasteiger partial charge in [-0.2, -0.15) is 0 Å². The number of likely N-dealkylation sites (tertiary alicyclic amines) is 1. The van der Waals surface area contributed by atoms with Crippen LogP contribution >= 0.6 is 0 Å². The van der Waals surface area contributed by atoms with Gasteiger partial charge in [0.05, 0.1) is 0 Å². The lowest BCUT2D eigenvalue weighted by molar-refractivity contribution is -0.141. The number of halogens is 1. The molecule has 2 fully saturated rings. The second-order valence-electron chi connectivity index (χ2n) is 6.33. The van der Waals surface area contributed by atoms with Crippen molar-refractivity contribution in [3.63, 3.8) is 0 Å². The second kappa shape index (κ2) is 5.71. The van der Waals surface area contributed by atoms with Gasteiger partial charge < -0.3 is 10.0 Å². The number of amides is 1. The maximum absolute atomic E-state index is 13.7. The molecule has 3 atom stereocenters. The Morgan fingerprint density at radius 1 is 1.27 bits per heavy atom. The largest absolute Gasteiger partial charge is 0.480 e. The molecule has 5 heteroatoms. The van der Waals surface area contributed by atoms with E-state index >= 15 is 0 Å². The van der Waals surface area contributed by atoms with E-state index in [0.717, 1.165) is 25.7 Å². The number of hydrogen-bond donors (Lipinski definition) is 1. The fraction of sp³-hybridized carbons (Fsp3) is 0.529. The lowest BCUT2D eigenvalue weighted by atomic mass is 9.84. The molecule has 1 heterocycles. The van der Waals surface area contributed by atoms with Crippen LogP contribution in [0.2, 0.25) is 0 Å². The van der Waals surface area contributed by atoms with Crippen LogP contribution in [0, 0.1) is 18.7 Å². The van der Waals surface area contributed by atoms with Crippen LogP contribution in [0.3, 0.4) is 0 Å². The quantitative estimate of drug-likeness (QED) is 0.914. The molecule has 1 aliphatic heterocycles. The first kappa shape index (κ1) is 15.0. The molecular formula is C17H20FNO3. The van der Waals surface area contributed by atoms with Crippen LogP contribution in [0.15, 0.2) is 18.2 Å². The highest BCUT2D eigenvalue weighted by Gasteiger charge is 2.47. The zero-order chi connectivity index (χ0) is 15.9. The Kier molecular flexibility index (Phi) is 3.89. The van der Waals surface area contributed by atoms with Crippen LogP contribution < -0.4 is 0 Å². The number of carboxylic acids is 1. The standard InChI is InChI=1S/C17H20FNO3/c1-10-12(6-4-7-13(10)18)16(20)19-14-8-3-2-5-11(14)9-15(19)17(21)22/h4,6-7,11,14-15H,2-3,5,8-9H2,1H3,(H,21,22). The molecule has 2 aliphatic rings. The van der Waals surface area contributed by atoms with Gasteiger partial charge in [-0.1, -0.05) is 18.9 Å². The van der Waals surface area contributed by atoms with Crippen LogP contribution in [0.5, 0.6) is 0 Å². The van der Waals surface area contributed by atoms with Crippen molar-refractivity contribution in [2.24, 2.45) is 5.92 Å². The van der Waals surface area contributed by atoms with E-state index in [2.05, 4.69) is 0 Å². The molecule has 1 saturated carbocycles. The minimum absolute atomic E-state index is 0.0231. The summed E-state index contributed by atoms with van der Waals surface area (Å²) in [6.45, 7) is 1.56. The molecule has 3 unspecified atom stereocenters. The maximum atomic E-state index is 13.7. The summed E-state index contributed by atoms with van der Waals surface area (Å²) in [7, 11) is 0. The van der Waals surface area contributed by atoms with E-state index in [1.54, 1.807) is 13.0 Å². The normalized spacial score (nSPS) is 27.5. The Bertz CT molecular complexity index is 616. The predicted molar refractivity (Wildman–Crippen MR) is 79.1 cm³/mol. The number of rotatable bonds is 2. The van der Waals surface area contributed by atoms with Crippen LogP contribution in [-0.2, 0) is 4.79 Å². The van der Waals surface area contributed by atoms with E-state index in [9.17, 15) is 19.1 Å². The average molecular weight is 305 g/mol. The van der Waals surface area contributed by atoms with Crippen LogP contribution in [0.1, 0.15) is 48.0 Å². The van der Waals surface area contributed by atoms with Crippen LogP contribution in [0.4, 0.5) is 4.39 Å². The Hall–Kier alpha value is -1.91. The number of nitrogens with zero attached hydrogens (tertiary/aromatic N) is 1. The number of carboxylic acid groups (broad SMARTS) is 1. The highest BCUT2D eigenvalue weighted by Crippen LogP contribution is 2.40. The van der Waals surface area contributed by atoms with Gasteiger partial charge >= 0.3 is 5.97 Å². The number of carbonyl (C=O) groups is 2. The van der Waals surface area contributed by atoms with Crippen molar-refractivity contribution in [2.75, 3.05) is 0 Å². The SMILES string of the molecule is Cc1c(F)cccc1C(=O)N1C(C(=O)O)CC2CCCCC21. The highest BCUT2D eigenvalue weighted by molar-refractivity contribution is 5.98. The van der Waals surface area contributed by atoms with E-state index in [0.29, 0.717) is 6.42 Å². The minimum Gasteiger partial charge on any atom is -0.480 e. The Labute approximate surface area is 128 Å². The topological polar surface area (TPSA) is 57.6 Å². The molecule has 4 nitrogen and oxygen atoms in total. The molecule has 0 aromatic heterocycles. The Balaban J connectivity index is 1.97. The van der Waals surface area contributed by atoms with Crippen LogP contribution in [-0.4, -0.2) is 34.0 Å². The third-order valence-corrected chi connectivity index (χ3v) is 5.11. The summed E-state index contributed by atoms with van der Waals surface area (Å²) >= 11 is 0. The molecule has 1 aromatic carbocycles. The zero-order valence-corrected chi connectivity index (χ0v) is 12.6. The number of hydrogen-bond acceptors (Lipinski definition) is 2. The van der Waals surface area contributed by atoms with E-state index in [4.69, 9.17) is 0 Å². The van der Waals surface area contributed by atoms with Crippen molar-refractivity contribution in [3.05, 3.63) is 35.1 Å². The maximum Gasteiger partial charge on any atom is 0.326 e. The highest BCUT2D eigenvalue weighted by atomic mass is 19.1. The molecule has 1 aromatic rings. The van der Waals surface area contributed by atoms with Gasteiger partial charge in [-0.05, 0) is 49.8 Å². The first-order chi connectivity index (χ1) is 10.5. The Morgan fingerprint density at radius 3 is 2.73 bits per heavy atom. The summed E-state index contributed by atoms with van der Waals surface area (Å²) in [6, 6.07) is 3.58. The third kappa shape index (κ3) is 2.38. The molecule has 1 amide bonds. The molecule has 1 saturated heterocycles. The van der Waals surface area contributed by atoms with E-state index in [-0.39, 0.29) is 29.0 Å². The predicted octanol–water partition coefficient (Wildman–Crippen LogP) is 2.99. The van der Waals surface area contributed by atoms with Crippen molar-refractivity contribution in [2.45, 2.75) is 51.1 Å². The lowest BCUT2D eigenvalue weighted by Crippen LogP contribution is -2.46. The monoisotopic (exact) mass is 305 g/mol. The molecule has 3 rings (SSSR count). The summed E-state index contributed by atoms with van der Waals surface area (Å²) in [6.07, 6.45) is 4.43. The van der Waals surface area contributed by atoms with E-state index in [1.165, 1.54) is 17.0 Å². The van der Waals surface area contributed by atoms with Gasteiger partial charge in [-0.25, -0.2) is 9.18 Å². The molecule has 1 N–H and O–H groups in total. The van der Waals surface area contributed by atoms with Gasteiger partial charge in [0, 0.05) is 11.6 Å². The Morgan fingerprint density at radius 2 is 2.00 bits per heavy atom. The van der Waals surface area contributed by atoms with Gasteiger partial charge in [0.2, 0.25) is 0 Å². The molecular weight excluding hydrogens is 285 g/mol. The summed E-state index contributed by atoms with van der Waals surface area (Å²) in [5.74, 6) is -1.49. The molecule has 0 spiro atoms. The van der Waals surface area contributed by atoms with E-state index in [1.807, 2.05) is 0 Å². The average Bonchev–Trinajstić information content (AvgIpc) is 2.89.